The van der Waals surface area contributed by atoms with Crippen LogP contribution >= 0.6 is 0 Å². The molecule has 94 valence electrons. The molecular formula is C12H17NO4. The van der Waals surface area contributed by atoms with Crippen LogP contribution in [0.5, 0.6) is 0 Å². The Morgan fingerprint density at radius 2 is 2.12 bits per heavy atom. The van der Waals surface area contributed by atoms with Crippen molar-refractivity contribution in [3.05, 3.63) is 23.7 Å². The summed E-state index contributed by atoms with van der Waals surface area (Å²) >= 11 is 0. The largest absolute Gasteiger partial charge is 0.478 e. The number of ether oxygens (including phenoxy) is 1. The fourth-order valence-corrected chi connectivity index (χ4v) is 2.27. The molecule has 1 fully saturated rings. The minimum Gasteiger partial charge on any atom is -0.478 e. The zero-order valence-electron chi connectivity index (χ0n) is 10.0. The standard InChI is InChI=1S/C12H17NO4/c1-8-5-13(6-9(2)17-8)7-11-10(12(14)15)3-4-16-11/h3-4,8-9H,5-7H2,1-2H3,(H,14,15)/t8-,9+. The Morgan fingerprint density at radius 1 is 1.47 bits per heavy atom. The highest BCUT2D eigenvalue weighted by molar-refractivity contribution is 5.88. The lowest BCUT2D eigenvalue weighted by Crippen LogP contribution is -2.44. The van der Waals surface area contributed by atoms with Gasteiger partial charge in [0.25, 0.3) is 0 Å². The Bertz CT molecular complexity index is 391. The van der Waals surface area contributed by atoms with E-state index in [1.807, 2.05) is 13.8 Å². The van der Waals surface area contributed by atoms with Crippen LogP contribution in [0.3, 0.4) is 0 Å². The van der Waals surface area contributed by atoms with E-state index in [0.29, 0.717) is 12.3 Å². The van der Waals surface area contributed by atoms with E-state index in [1.165, 1.54) is 12.3 Å². The SMILES string of the molecule is C[C@@H]1CN(Cc2occc2C(=O)O)C[C@H](C)O1. The molecule has 0 aliphatic carbocycles. The summed E-state index contributed by atoms with van der Waals surface area (Å²) in [5.74, 6) is -0.429. The lowest BCUT2D eigenvalue weighted by atomic mass is 10.2. The topological polar surface area (TPSA) is 62.9 Å². The third-order valence-electron chi connectivity index (χ3n) is 2.84. The number of nitrogens with zero attached hydrogens (tertiary/aromatic N) is 1. The molecule has 0 unspecified atom stereocenters. The minimum absolute atomic E-state index is 0.169. The first-order valence-electron chi connectivity index (χ1n) is 5.73. The molecule has 0 saturated carbocycles. The Balaban J connectivity index is 2.05. The van der Waals surface area contributed by atoms with E-state index < -0.39 is 5.97 Å². The number of furan rings is 1. The van der Waals surface area contributed by atoms with E-state index in [1.54, 1.807) is 0 Å². The number of aromatic carboxylic acids is 1. The first-order chi connectivity index (χ1) is 8.06. The van der Waals surface area contributed by atoms with E-state index in [4.69, 9.17) is 14.3 Å². The number of morpholine rings is 1. The molecule has 0 amide bonds. The lowest BCUT2D eigenvalue weighted by molar-refractivity contribution is -0.0718. The molecule has 0 radical (unpaired) electrons. The number of hydrogen-bond donors (Lipinski definition) is 1. The highest BCUT2D eigenvalue weighted by atomic mass is 16.5. The maximum atomic E-state index is 10.9. The van der Waals surface area contributed by atoms with E-state index in [2.05, 4.69) is 4.90 Å². The van der Waals surface area contributed by atoms with Crippen molar-refractivity contribution in [2.24, 2.45) is 0 Å². The van der Waals surface area contributed by atoms with Crippen molar-refractivity contribution >= 4 is 5.97 Å². The monoisotopic (exact) mass is 239 g/mol. The van der Waals surface area contributed by atoms with Gasteiger partial charge in [0.15, 0.2) is 0 Å². The summed E-state index contributed by atoms with van der Waals surface area (Å²) in [6.07, 6.45) is 1.76. The van der Waals surface area contributed by atoms with Gasteiger partial charge in [-0.1, -0.05) is 0 Å². The second-order valence-electron chi connectivity index (χ2n) is 4.51. The van der Waals surface area contributed by atoms with Gasteiger partial charge in [-0.3, -0.25) is 4.90 Å². The zero-order chi connectivity index (χ0) is 12.4. The Kier molecular flexibility index (Phi) is 3.49. The molecule has 2 atom stereocenters. The molecule has 1 N–H and O–H groups in total. The molecule has 1 aliphatic rings. The fraction of sp³-hybridized carbons (Fsp3) is 0.583. The smallest absolute Gasteiger partial charge is 0.339 e. The number of rotatable bonds is 3. The molecule has 0 aromatic carbocycles. The van der Waals surface area contributed by atoms with Crippen LogP contribution in [0.15, 0.2) is 16.7 Å². The van der Waals surface area contributed by atoms with Crippen LogP contribution in [-0.4, -0.2) is 41.3 Å². The fourth-order valence-electron chi connectivity index (χ4n) is 2.27. The van der Waals surface area contributed by atoms with Gasteiger partial charge < -0.3 is 14.3 Å². The van der Waals surface area contributed by atoms with Crippen molar-refractivity contribution in [1.29, 1.82) is 0 Å². The summed E-state index contributed by atoms with van der Waals surface area (Å²) in [5.41, 5.74) is 0.247. The average molecular weight is 239 g/mol. The third kappa shape index (κ3) is 2.87. The summed E-state index contributed by atoms with van der Waals surface area (Å²) in [6.45, 7) is 6.15. The van der Waals surface area contributed by atoms with Crippen LogP contribution in [0.4, 0.5) is 0 Å². The van der Waals surface area contributed by atoms with Crippen LogP contribution in [0, 0.1) is 0 Å². The van der Waals surface area contributed by atoms with Gasteiger partial charge in [0.05, 0.1) is 25.0 Å². The van der Waals surface area contributed by atoms with Crippen LogP contribution in [-0.2, 0) is 11.3 Å². The average Bonchev–Trinajstić information content (AvgIpc) is 2.63. The van der Waals surface area contributed by atoms with Gasteiger partial charge in [0.1, 0.15) is 11.3 Å². The molecule has 5 nitrogen and oxygen atoms in total. The van der Waals surface area contributed by atoms with Crippen LogP contribution in [0.25, 0.3) is 0 Å². The summed E-state index contributed by atoms with van der Waals surface area (Å²) in [6, 6.07) is 1.49. The first-order valence-corrected chi connectivity index (χ1v) is 5.73. The van der Waals surface area contributed by atoms with Crippen molar-refractivity contribution in [3.63, 3.8) is 0 Å². The molecule has 2 heterocycles. The van der Waals surface area contributed by atoms with Crippen molar-refractivity contribution < 1.29 is 19.1 Å². The summed E-state index contributed by atoms with van der Waals surface area (Å²) < 4.78 is 10.9. The minimum atomic E-state index is -0.942. The predicted molar refractivity (Wildman–Crippen MR) is 61.0 cm³/mol. The number of carboxylic acids is 1. The van der Waals surface area contributed by atoms with Crippen molar-refractivity contribution in [2.75, 3.05) is 13.1 Å². The molecule has 2 rings (SSSR count). The van der Waals surface area contributed by atoms with E-state index in [9.17, 15) is 4.79 Å². The van der Waals surface area contributed by atoms with Gasteiger partial charge in [-0.15, -0.1) is 0 Å². The second-order valence-corrected chi connectivity index (χ2v) is 4.51. The van der Waals surface area contributed by atoms with E-state index in [-0.39, 0.29) is 17.8 Å². The molecule has 0 bridgehead atoms. The second kappa shape index (κ2) is 4.89. The molecule has 5 heteroatoms. The van der Waals surface area contributed by atoms with Gasteiger partial charge >= 0.3 is 5.97 Å². The molecular weight excluding hydrogens is 222 g/mol. The highest BCUT2D eigenvalue weighted by Gasteiger charge is 2.24. The zero-order valence-corrected chi connectivity index (χ0v) is 10.0. The van der Waals surface area contributed by atoms with Crippen LogP contribution in [0.1, 0.15) is 30.0 Å². The van der Waals surface area contributed by atoms with Gasteiger partial charge in [-0.25, -0.2) is 4.79 Å². The first kappa shape index (κ1) is 12.1. The number of carbonyl (C=O) groups is 1. The maximum absolute atomic E-state index is 10.9. The quantitative estimate of drug-likeness (QED) is 0.867. The molecule has 1 aromatic rings. The van der Waals surface area contributed by atoms with Crippen molar-refractivity contribution in [1.82, 2.24) is 4.90 Å². The van der Waals surface area contributed by atoms with Crippen LogP contribution in [0.2, 0.25) is 0 Å². The molecule has 0 spiro atoms. The predicted octanol–water partition coefficient (Wildman–Crippen LogP) is 1.59. The van der Waals surface area contributed by atoms with Gasteiger partial charge in [-0.2, -0.15) is 0 Å². The Hall–Kier alpha value is -1.33. The summed E-state index contributed by atoms with van der Waals surface area (Å²) in [7, 11) is 0. The van der Waals surface area contributed by atoms with Crippen molar-refractivity contribution in [3.8, 4) is 0 Å². The lowest BCUT2D eigenvalue weighted by Gasteiger charge is -2.34. The summed E-state index contributed by atoms with van der Waals surface area (Å²) in [5, 5.41) is 8.98. The van der Waals surface area contributed by atoms with Gasteiger partial charge in [0, 0.05) is 13.1 Å². The van der Waals surface area contributed by atoms with Crippen LogP contribution < -0.4 is 0 Å². The molecule has 1 aromatic heterocycles. The third-order valence-corrected chi connectivity index (χ3v) is 2.84. The van der Waals surface area contributed by atoms with Gasteiger partial charge in [0.2, 0.25) is 0 Å². The maximum Gasteiger partial charge on any atom is 0.339 e. The number of hydrogen-bond acceptors (Lipinski definition) is 4. The molecule has 1 aliphatic heterocycles. The van der Waals surface area contributed by atoms with E-state index >= 15 is 0 Å². The van der Waals surface area contributed by atoms with Crippen molar-refractivity contribution in [2.45, 2.75) is 32.6 Å². The Labute approximate surface area is 100.0 Å². The summed E-state index contributed by atoms with van der Waals surface area (Å²) in [4.78, 5) is 13.1. The normalized spacial score (nSPS) is 26.0. The number of carboxylic acid groups (broad SMARTS) is 1. The van der Waals surface area contributed by atoms with Gasteiger partial charge in [-0.05, 0) is 19.9 Å². The highest BCUT2D eigenvalue weighted by Crippen LogP contribution is 2.17. The van der Waals surface area contributed by atoms with E-state index in [0.717, 1.165) is 13.1 Å². The molecule has 1 saturated heterocycles. The molecule has 17 heavy (non-hydrogen) atoms. The Morgan fingerprint density at radius 3 is 2.71 bits per heavy atom.